The van der Waals surface area contributed by atoms with E-state index in [4.69, 9.17) is 4.74 Å². The molecule has 2 atom stereocenters. The lowest BCUT2D eigenvalue weighted by molar-refractivity contribution is 0.414. The van der Waals surface area contributed by atoms with E-state index in [1.165, 1.54) is 11.8 Å². The predicted molar refractivity (Wildman–Crippen MR) is 78.6 cm³/mol. The molecule has 4 nitrogen and oxygen atoms in total. The maximum absolute atomic E-state index is 11.1. The Labute approximate surface area is 116 Å². The summed E-state index contributed by atoms with van der Waals surface area (Å²) in [6.45, 7) is 4.68. The molecule has 0 amide bonds. The fourth-order valence-electron chi connectivity index (χ4n) is 1.84. The normalized spacial score (nSPS) is 14.9. The van der Waals surface area contributed by atoms with Crippen molar-refractivity contribution in [2.24, 2.45) is 0 Å². The van der Waals surface area contributed by atoms with Gasteiger partial charge in [0.15, 0.2) is 0 Å². The van der Waals surface area contributed by atoms with E-state index in [2.05, 4.69) is 19.2 Å². The SMILES string of the molecule is COc1ccc([C@@H](C)[C@H](C)NCCS(C)(=O)=O)cc1. The molecule has 0 saturated carbocycles. The van der Waals surface area contributed by atoms with Gasteiger partial charge >= 0.3 is 0 Å². The van der Waals surface area contributed by atoms with Gasteiger partial charge in [0.05, 0.1) is 12.9 Å². The minimum atomic E-state index is -2.90. The minimum absolute atomic E-state index is 0.173. The van der Waals surface area contributed by atoms with Crippen LogP contribution in [0.2, 0.25) is 0 Å². The monoisotopic (exact) mass is 285 g/mol. The molecule has 0 aliphatic heterocycles. The van der Waals surface area contributed by atoms with Gasteiger partial charge in [-0.15, -0.1) is 0 Å². The number of rotatable bonds is 7. The average molecular weight is 285 g/mol. The van der Waals surface area contributed by atoms with Crippen molar-refractivity contribution in [1.29, 1.82) is 0 Å². The Morgan fingerprint density at radius 2 is 1.79 bits per heavy atom. The molecular formula is C14H23NO3S. The van der Waals surface area contributed by atoms with Crippen LogP contribution in [0.25, 0.3) is 0 Å². The number of hydrogen-bond donors (Lipinski definition) is 1. The van der Waals surface area contributed by atoms with Crippen molar-refractivity contribution in [3.63, 3.8) is 0 Å². The summed E-state index contributed by atoms with van der Waals surface area (Å²) in [6, 6.07) is 8.18. The molecule has 19 heavy (non-hydrogen) atoms. The highest BCUT2D eigenvalue weighted by atomic mass is 32.2. The highest BCUT2D eigenvalue weighted by Gasteiger charge is 2.14. The van der Waals surface area contributed by atoms with Gasteiger partial charge < -0.3 is 10.1 Å². The van der Waals surface area contributed by atoms with E-state index in [9.17, 15) is 8.42 Å². The van der Waals surface area contributed by atoms with Crippen LogP contribution in [-0.2, 0) is 9.84 Å². The van der Waals surface area contributed by atoms with Crippen LogP contribution < -0.4 is 10.1 Å². The summed E-state index contributed by atoms with van der Waals surface area (Å²) in [5, 5.41) is 3.26. The molecule has 1 aromatic rings. The largest absolute Gasteiger partial charge is 0.497 e. The molecule has 1 N–H and O–H groups in total. The van der Waals surface area contributed by atoms with Gasteiger partial charge in [0.25, 0.3) is 0 Å². The van der Waals surface area contributed by atoms with Crippen molar-refractivity contribution < 1.29 is 13.2 Å². The van der Waals surface area contributed by atoms with Crippen molar-refractivity contribution >= 4 is 9.84 Å². The van der Waals surface area contributed by atoms with E-state index in [0.717, 1.165) is 5.75 Å². The van der Waals surface area contributed by atoms with E-state index < -0.39 is 9.84 Å². The number of hydrogen-bond acceptors (Lipinski definition) is 4. The first-order chi connectivity index (χ1) is 8.83. The lowest BCUT2D eigenvalue weighted by Gasteiger charge is -2.21. The van der Waals surface area contributed by atoms with Gasteiger partial charge in [-0.1, -0.05) is 19.1 Å². The first-order valence-electron chi connectivity index (χ1n) is 6.38. The van der Waals surface area contributed by atoms with Crippen LogP contribution in [0.1, 0.15) is 25.3 Å². The van der Waals surface area contributed by atoms with Crippen LogP contribution in [0.15, 0.2) is 24.3 Å². The van der Waals surface area contributed by atoms with Crippen LogP contribution in [0.3, 0.4) is 0 Å². The van der Waals surface area contributed by atoms with Crippen LogP contribution >= 0.6 is 0 Å². The molecule has 5 heteroatoms. The van der Waals surface area contributed by atoms with Crippen molar-refractivity contribution in [3.8, 4) is 5.75 Å². The van der Waals surface area contributed by atoms with E-state index in [0.29, 0.717) is 12.5 Å². The van der Waals surface area contributed by atoms with E-state index in [1.54, 1.807) is 7.11 Å². The first-order valence-corrected chi connectivity index (χ1v) is 8.44. The Balaban J connectivity index is 2.53. The topological polar surface area (TPSA) is 55.4 Å². The first kappa shape index (κ1) is 16.0. The third kappa shape index (κ3) is 5.61. The molecule has 0 spiro atoms. The molecule has 1 aromatic carbocycles. The molecule has 0 aromatic heterocycles. The fourth-order valence-corrected chi connectivity index (χ4v) is 2.33. The minimum Gasteiger partial charge on any atom is -0.497 e. The van der Waals surface area contributed by atoms with Crippen LogP contribution in [0.4, 0.5) is 0 Å². The summed E-state index contributed by atoms with van der Waals surface area (Å²) in [5.41, 5.74) is 1.21. The molecule has 0 radical (unpaired) electrons. The second-order valence-electron chi connectivity index (χ2n) is 4.93. The van der Waals surface area contributed by atoms with Crippen LogP contribution in [0.5, 0.6) is 5.75 Å². The number of nitrogens with one attached hydrogen (secondary N) is 1. The zero-order valence-electron chi connectivity index (χ0n) is 12.0. The molecule has 0 heterocycles. The number of methoxy groups -OCH3 is 1. The summed E-state index contributed by atoms with van der Waals surface area (Å²) in [6.07, 6.45) is 1.26. The van der Waals surface area contributed by atoms with Gasteiger partial charge in [-0.3, -0.25) is 0 Å². The van der Waals surface area contributed by atoms with Crippen molar-refractivity contribution in [3.05, 3.63) is 29.8 Å². The Hall–Kier alpha value is -1.07. The quantitative estimate of drug-likeness (QED) is 0.830. The smallest absolute Gasteiger partial charge is 0.148 e. The second kappa shape index (κ2) is 6.91. The lowest BCUT2D eigenvalue weighted by Crippen LogP contribution is -2.34. The molecular weight excluding hydrogens is 262 g/mol. The summed E-state index contributed by atoms with van der Waals surface area (Å²) in [5.74, 6) is 1.33. The number of ether oxygens (including phenoxy) is 1. The van der Waals surface area contributed by atoms with E-state index in [-0.39, 0.29) is 11.8 Å². The highest BCUT2D eigenvalue weighted by Crippen LogP contribution is 2.21. The molecule has 0 fully saturated rings. The van der Waals surface area contributed by atoms with Crippen molar-refractivity contribution in [1.82, 2.24) is 5.32 Å². The Morgan fingerprint density at radius 1 is 1.21 bits per heavy atom. The Bertz CT molecular complexity index is 482. The molecule has 0 aliphatic carbocycles. The van der Waals surface area contributed by atoms with E-state index in [1.807, 2.05) is 24.3 Å². The van der Waals surface area contributed by atoms with Crippen molar-refractivity contribution in [2.45, 2.75) is 25.8 Å². The summed E-state index contributed by atoms with van der Waals surface area (Å²) in [4.78, 5) is 0. The van der Waals surface area contributed by atoms with Gasteiger partial charge in [-0.2, -0.15) is 0 Å². The van der Waals surface area contributed by atoms with Gasteiger partial charge in [0.2, 0.25) is 0 Å². The van der Waals surface area contributed by atoms with Gasteiger partial charge in [0, 0.05) is 18.8 Å². The van der Waals surface area contributed by atoms with Crippen LogP contribution in [0, 0.1) is 0 Å². The van der Waals surface area contributed by atoms with Crippen LogP contribution in [-0.4, -0.2) is 40.1 Å². The zero-order valence-corrected chi connectivity index (χ0v) is 12.8. The third-order valence-electron chi connectivity index (χ3n) is 3.33. The molecule has 0 unspecified atom stereocenters. The molecule has 1 rings (SSSR count). The zero-order chi connectivity index (χ0) is 14.5. The standard InChI is InChI=1S/C14H23NO3S/c1-11(12(2)15-9-10-19(4,16)17)13-5-7-14(18-3)8-6-13/h5-8,11-12,15H,9-10H2,1-4H3/t11-,12-/m0/s1. The fraction of sp³-hybridized carbons (Fsp3) is 0.571. The molecule has 108 valence electrons. The van der Waals surface area contributed by atoms with Gasteiger partial charge in [-0.25, -0.2) is 8.42 Å². The molecule has 0 aliphatic rings. The van der Waals surface area contributed by atoms with Gasteiger partial charge in [-0.05, 0) is 30.5 Å². The lowest BCUT2D eigenvalue weighted by atomic mass is 9.94. The van der Waals surface area contributed by atoms with Crippen molar-refractivity contribution in [2.75, 3.05) is 25.7 Å². The summed E-state index contributed by atoms with van der Waals surface area (Å²) >= 11 is 0. The van der Waals surface area contributed by atoms with Gasteiger partial charge in [0.1, 0.15) is 15.6 Å². The average Bonchev–Trinajstić information content (AvgIpc) is 2.36. The number of sulfone groups is 1. The summed E-state index contributed by atoms with van der Waals surface area (Å²) in [7, 11) is -1.25. The predicted octanol–water partition coefficient (Wildman–Crippen LogP) is 1.82. The van der Waals surface area contributed by atoms with E-state index >= 15 is 0 Å². The molecule has 0 saturated heterocycles. The maximum atomic E-state index is 11.1. The second-order valence-corrected chi connectivity index (χ2v) is 7.19. The number of benzene rings is 1. The molecule has 0 bridgehead atoms. The Kier molecular flexibility index (Phi) is 5.82. The third-order valence-corrected chi connectivity index (χ3v) is 4.28. The Morgan fingerprint density at radius 3 is 2.26 bits per heavy atom. The highest BCUT2D eigenvalue weighted by molar-refractivity contribution is 7.90. The maximum Gasteiger partial charge on any atom is 0.148 e. The summed E-state index contributed by atoms with van der Waals surface area (Å²) < 4.78 is 27.3.